The van der Waals surface area contributed by atoms with Crippen molar-refractivity contribution < 1.29 is 4.79 Å². The fourth-order valence-electron chi connectivity index (χ4n) is 2.36. The van der Waals surface area contributed by atoms with Gasteiger partial charge in [-0.1, -0.05) is 30.3 Å². The van der Waals surface area contributed by atoms with Gasteiger partial charge < -0.3 is 5.32 Å². The van der Waals surface area contributed by atoms with Crippen molar-refractivity contribution in [2.45, 2.75) is 6.54 Å². The molecule has 0 saturated heterocycles. The van der Waals surface area contributed by atoms with Crippen LogP contribution in [-0.4, -0.2) is 36.3 Å². The number of aromatic amines is 1. The Hall–Kier alpha value is -3.55. The van der Waals surface area contributed by atoms with E-state index >= 15 is 0 Å². The number of carbonyl (C=O) groups excluding carboxylic acids is 1. The maximum Gasteiger partial charge on any atom is 0.248 e. The number of nitrogens with one attached hydrogen (secondary N) is 2. The summed E-state index contributed by atoms with van der Waals surface area (Å²) in [6.07, 6.45) is 1.73. The second-order valence-corrected chi connectivity index (χ2v) is 5.23. The van der Waals surface area contributed by atoms with Crippen molar-refractivity contribution >= 4 is 22.5 Å². The molecule has 0 saturated carbocycles. The van der Waals surface area contributed by atoms with E-state index in [9.17, 15) is 4.79 Å². The molecule has 8 nitrogen and oxygen atoms in total. The lowest BCUT2D eigenvalue weighted by atomic mass is 10.2. The molecule has 0 unspecified atom stereocenters. The molecule has 118 valence electrons. The molecule has 2 aromatic carbocycles. The van der Waals surface area contributed by atoms with Gasteiger partial charge in [-0.05, 0) is 23.4 Å². The monoisotopic (exact) mass is 319 g/mol. The number of aromatic nitrogens is 6. The van der Waals surface area contributed by atoms with E-state index in [2.05, 4.69) is 30.9 Å². The third-order valence-electron chi connectivity index (χ3n) is 3.50. The Bertz CT molecular complexity index is 990. The summed E-state index contributed by atoms with van der Waals surface area (Å²) in [5.74, 6) is 0.258. The minimum atomic E-state index is -0.231. The van der Waals surface area contributed by atoms with E-state index in [-0.39, 0.29) is 12.5 Å². The molecule has 8 heteroatoms. The lowest BCUT2D eigenvalue weighted by Crippen LogP contribution is -2.20. The Balaban J connectivity index is 1.45. The molecular weight excluding hydrogens is 306 g/mol. The first-order valence-corrected chi connectivity index (χ1v) is 7.34. The molecule has 0 atom stereocenters. The van der Waals surface area contributed by atoms with Gasteiger partial charge in [-0.3, -0.25) is 9.89 Å². The van der Waals surface area contributed by atoms with Gasteiger partial charge in [0.05, 0.1) is 11.7 Å². The largest absolute Gasteiger partial charge is 0.324 e. The van der Waals surface area contributed by atoms with Gasteiger partial charge in [0.25, 0.3) is 0 Å². The van der Waals surface area contributed by atoms with E-state index in [0.29, 0.717) is 11.5 Å². The highest BCUT2D eigenvalue weighted by molar-refractivity contribution is 5.93. The van der Waals surface area contributed by atoms with Crippen LogP contribution >= 0.6 is 0 Å². The van der Waals surface area contributed by atoms with E-state index in [1.54, 1.807) is 6.20 Å². The van der Waals surface area contributed by atoms with E-state index in [1.807, 2.05) is 48.5 Å². The molecule has 0 aliphatic carbocycles. The minimum Gasteiger partial charge on any atom is -0.324 e. The van der Waals surface area contributed by atoms with Crippen molar-refractivity contribution in [2.75, 3.05) is 5.32 Å². The third kappa shape index (κ3) is 2.84. The zero-order valence-corrected chi connectivity index (χ0v) is 12.5. The molecule has 0 radical (unpaired) electrons. The number of hydrogen-bond acceptors (Lipinski definition) is 5. The molecule has 0 aliphatic rings. The number of tetrazole rings is 1. The van der Waals surface area contributed by atoms with E-state index in [4.69, 9.17) is 0 Å². The Morgan fingerprint density at radius 3 is 2.92 bits per heavy atom. The van der Waals surface area contributed by atoms with Crippen molar-refractivity contribution in [2.24, 2.45) is 0 Å². The lowest BCUT2D eigenvalue weighted by Gasteiger charge is -2.04. The third-order valence-corrected chi connectivity index (χ3v) is 3.50. The second kappa shape index (κ2) is 5.92. The summed E-state index contributed by atoms with van der Waals surface area (Å²) >= 11 is 0. The van der Waals surface area contributed by atoms with Crippen LogP contribution in [0.3, 0.4) is 0 Å². The van der Waals surface area contributed by atoms with Crippen LogP contribution in [0.25, 0.3) is 22.3 Å². The van der Waals surface area contributed by atoms with Crippen LogP contribution < -0.4 is 5.32 Å². The Labute approximate surface area is 136 Å². The number of fused-ring (bicyclic) bond motifs is 1. The van der Waals surface area contributed by atoms with Gasteiger partial charge in [0.2, 0.25) is 11.7 Å². The van der Waals surface area contributed by atoms with Gasteiger partial charge in [-0.25, -0.2) is 0 Å². The Kier molecular flexibility index (Phi) is 3.47. The number of anilines is 1. The highest BCUT2D eigenvalue weighted by Crippen LogP contribution is 2.16. The fraction of sp³-hybridized carbons (Fsp3) is 0.0625. The van der Waals surface area contributed by atoms with E-state index in [0.717, 1.165) is 16.5 Å². The molecule has 24 heavy (non-hydrogen) atoms. The molecule has 0 fully saturated rings. The maximum absolute atomic E-state index is 12.1. The van der Waals surface area contributed by atoms with Crippen molar-refractivity contribution in [3.05, 3.63) is 54.7 Å². The second-order valence-electron chi connectivity index (χ2n) is 5.23. The van der Waals surface area contributed by atoms with Crippen molar-refractivity contribution in [1.29, 1.82) is 0 Å². The summed E-state index contributed by atoms with van der Waals surface area (Å²) in [6.45, 7) is -0.0130. The van der Waals surface area contributed by atoms with Crippen LogP contribution in [0.15, 0.2) is 54.7 Å². The SMILES string of the molecule is O=C(Cn1nnc(-c2ccccc2)n1)Nc1ccc2cn[nH]c2c1. The van der Waals surface area contributed by atoms with Crippen LogP contribution in [0.1, 0.15) is 0 Å². The van der Waals surface area contributed by atoms with Crippen LogP contribution in [0, 0.1) is 0 Å². The van der Waals surface area contributed by atoms with Crippen molar-refractivity contribution in [3.63, 3.8) is 0 Å². The predicted octanol–water partition coefficient (Wildman–Crippen LogP) is 1.86. The summed E-state index contributed by atoms with van der Waals surface area (Å²) in [7, 11) is 0. The average Bonchev–Trinajstić information content (AvgIpc) is 3.24. The number of H-pyrrole nitrogens is 1. The number of amides is 1. The van der Waals surface area contributed by atoms with Gasteiger partial charge in [-0.2, -0.15) is 9.90 Å². The van der Waals surface area contributed by atoms with Gasteiger partial charge in [0.1, 0.15) is 6.54 Å². The first kappa shape index (κ1) is 14.1. The standard InChI is InChI=1S/C16H13N7O/c24-15(18-13-7-6-12-9-17-19-14(12)8-13)10-23-21-16(20-22-23)11-4-2-1-3-5-11/h1-9H,10H2,(H,17,19)(H,18,24). The zero-order chi connectivity index (χ0) is 16.4. The van der Waals surface area contributed by atoms with Gasteiger partial charge >= 0.3 is 0 Å². The first-order chi connectivity index (χ1) is 11.8. The molecule has 4 rings (SSSR count). The van der Waals surface area contributed by atoms with Crippen molar-refractivity contribution in [3.8, 4) is 11.4 Å². The van der Waals surface area contributed by atoms with Crippen LogP contribution in [0.4, 0.5) is 5.69 Å². The van der Waals surface area contributed by atoms with Gasteiger partial charge in [-0.15, -0.1) is 10.2 Å². The number of nitrogens with zero attached hydrogens (tertiary/aromatic N) is 5. The molecule has 1 amide bonds. The summed E-state index contributed by atoms with van der Waals surface area (Å²) in [6, 6.07) is 15.0. The molecule has 0 bridgehead atoms. The van der Waals surface area contributed by atoms with Gasteiger partial charge in [0, 0.05) is 16.6 Å². The maximum atomic E-state index is 12.1. The molecular formula is C16H13N7O. The van der Waals surface area contributed by atoms with Crippen molar-refractivity contribution in [1.82, 2.24) is 30.4 Å². The smallest absolute Gasteiger partial charge is 0.248 e. The number of benzene rings is 2. The summed E-state index contributed by atoms with van der Waals surface area (Å²) in [5.41, 5.74) is 2.40. The molecule has 2 aromatic heterocycles. The minimum absolute atomic E-state index is 0.0130. The zero-order valence-electron chi connectivity index (χ0n) is 12.5. The van der Waals surface area contributed by atoms with Crippen LogP contribution in [-0.2, 0) is 11.3 Å². The summed E-state index contributed by atoms with van der Waals surface area (Å²) < 4.78 is 0. The Morgan fingerprint density at radius 2 is 2.04 bits per heavy atom. The molecule has 2 heterocycles. The summed E-state index contributed by atoms with van der Waals surface area (Å²) in [5, 5.41) is 22.7. The fourth-order valence-corrected chi connectivity index (χ4v) is 2.36. The quantitative estimate of drug-likeness (QED) is 0.598. The first-order valence-electron chi connectivity index (χ1n) is 7.34. The molecule has 2 N–H and O–H groups in total. The topological polar surface area (TPSA) is 101 Å². The van der Waals surface area contributed by atoms with Crippen LogP contribution in [0.5, 0.6) is 0 Å². The highest BCUT2D eigenvalue weighted by Gasteiger charge is 2.09. The molecule has 4 aromatic rings. The van der Waals surface area contributed by atoms with Crippen LogP contribution in [0.2, 0.25) is 0 Å². The van der Waals surface area contributed by atoms with E-state index < -0.39 is 0 Å². The molecule has 0 spiro atoms. The van der Waals surface area contributed by atoms with E-state index in [1.165, 1.54) is 4.80 Å². The Morgan fingerprint density at radius 1 is 1.17 bits per heavy atom. The number of carbonyl (C=O) groups is 1. The predicted molar refractivity (Wildman–Crippen MR) is 88.0 cm³/mol. The lowest BCUT2D eigenvalue weighted by molar-refractivity contribution is -0.117. The van der Waals surface area contributed by atoms with Gasteiger partial charge in [0.15, 0.2) is 0 Å². The average molecular weight is 319 g/mol. The number of hydrogen-bond donors (Lipinski definition) is 2. The summed E-state index contributed by atoms with van der Waals surface area (Å²) in [4.78, 5) is 13.4. The molecule has 0 aliphatic heterocycles. The highest BCUT2D eigenvalue weighted by atomic mass is 16.2. The normalized spacial score (nSPS) is 10.8. The number of rotatable bonds is 4.